The largest absolute Gasteiger partial charge is 0.373 e. The van der Waals surface area contributed by atoms with E-state index < -0.39 is 23.3 Å². The molecule has 1 spiro atoms. The summed E-state index contributed by atoms with van der Waals surface area (Å²) in [6.07, 6.45) is 0.261. The Kier molecular flexibility index (Phi) is 4.10. The molecule has 2 aliphatic heterocycles. The predicted molar refractivity (Wildman–Crippen MR) is 114 cm³/mol. The van der Waals surface area contributed by atoms with Gasteiger partial charge in [-0.1, -0.05) is 60.7 Å². The quantitative estimate of drug-likeness (QED) is 0.673. The van der Waals surface area contributed by atoms with Crippen molar-refractivity contribution in [1.29, 1.82) is 0 Å². The molecule has 0 radical (unpaired) electrons. The van der Waals surface area contributed by atoms with Gasteiger partial charge in [-0.2, -0.15) is 0 Å². The second-order valence-electron chi connectivity index (χ2n) is 8.04. The van der Waals surface area contributed by atoms with E-state index in [4.69, 9.17) is 0 Å². The third kappa shape index (κ3) is 2.68. The molecule has 1 N–H and O–H groups in total. The number of benzene rings is 3. The molecule has 3 aromatic carbocycles. The first-order chi connectivity index (χ1) is 14.5. The van der Waals surface area contributed by atoms with E-state index in [1.54, 1.807) is 0 Å². The van der Waals surface area contributed by atoms with Gasteiger partial charge in [0.05, 0.1) is 6.54 Å². The van der Waals surface area contributed by atoms with Crippen molar-refractivity contribution in [2.45, 2.75) is 13.0 Å². The molecule has 3 aromatic rings. The Hall–Kier alpha value is -3.67. The van der Waals surface area contributed by atoms with Gasteiger partial charge in [-0.05, 0) is 28.0 Å². The monoisotopic (exact) mass is 399 g/mol. The molecular weight excluding hydrogens is 378 g/mol. The second kappa shape index (κ2) is 6.69. The average molecular weight is 399 g/mol. The maximum Gasteiger partial charge on any atom is 0.331 e. The highest BCUT2D eigenvalue weighted by molar-refractivity contribution is 6.20. The topological polar surface area (TPSA) is 69.7 Å². The first-order valence-electron chi connectivity index (χ1n) is 9.93. The van der Waals surface area contributed by atoms with Gasteiger partial charge >= 0.3 is 6.03 Å². The van der Waals surface area contributed by atoms with Gasteiger partial charge in [0.25, 0.3) is 0 Å². The number of hydrogen-bond acceptors (Lipinski definition) is 4. The molecule has 150 valence electrons. The molecule has 30 heavy (non-hydrogen) atoms. The minimum absolute atomic E-state index is 0.132. The average Bonchev–Trinajstić information content (AvgIpc) is 2.76. The minimum atomic E-state index is -1.34. The number of imide groups is 2. The van der Waals surface area contributed by atoms with Crippen LogP contribution < -0.4 is 10.2 Å². The van der Waals surface area contributed by atoms with E-state index in [2.05, 4.69) is 11.4 Å². The summed E-state index contributed by atoms with van der Waals surface area (Å²) in [6.45, 7) is 0.355. The van der Waals surface area contributed by atoms with Crippen molar-refractivity contribution in [2.24, 2.45) is 5.41 Å². The lowest BCUT2D eigenvalue weighted by Gasteiger charge is -2.45. The Morgan fingerprint density at radius 1 is 0.933 bits per heavy atom. The number of anilines is 1. The van der Waals surface area contributed by atoms with Gasteiger partial charge in [0.2, 0.25) is 11.8 Å². The summed E-state index contributed by atoms with van der Waals surface area (Å²) in [7, 11) is 1.88. The number of fused-ring (bicyclic) bond motifs is 3. The Bertz CT molecular complexity index is 1190. The summed E-state index contributed by atoms with van der Waals surface area (Å²) in [5.74, 6) is -0.960. The van der Waals surface area contributed by atoms with Gasteiger partial charge in [0.1, 0.15) is 5.41 Å². The van der Waals surface area contributed by atoms with Crippen LogP contribution in [-0.4, -0.2) is 36.3 Å². The van der Waals surface area contributed by atoms with Crippen molar-refractivity contribution in [2.75, 3.05) is 18.5 Å². The smallest absolute Gasteiger partial charge is 0.331 e. The molecule has 0 saturated carbocycles. The van der Waals surface area contributed by atoms with Crippen LogP contribution in [0.5, 0.6) is 0 Å². The van der Waals surface area contributed by atoms with Crippen LogP contribution in [0.3, 0.4) is 0 Å². The SMILES string of the molecule is CN1C[C@@]2(Cc3c1ccc1ccccc31)C(=O)NC(=O)N(Cc1ccccc1)C2=O. The lowest BCUT2D eigenvalue weighted by Crippen LogP contribution is -2.68. The lowest BCUT2D eigenvalue weighted by molar-refractivity contribution is -0.151. The lowest BCUT2D eigenvalue weighted by atomic mass is 9.73. The highest BCUT2D eigenvalue weighted by atomic mass is 16.2. The molecule has 0 aromatic heterocycles. The van der Waals surface area contributed by atoms with E-state index in [0.29, 0.717) is 0 Å². The fourth-order valence-corrected chi connectivity index (χ4v) is 4.65. The zero-order valence-electron chi connectivity index (χ0n) is 16.6. The Balaban J connectivity index is 1.59. The van der Waals surface area contributed by atoms with Crippen molar-refractivity contribution in [3.8, 4) is 0 Å². The van der Waals surface area contributed by atoms with Gasteiger partial charge in [0.15, 0.2) is 0 Å². The first kappa shape index (κ1) is 18.4. The van der Waals surface area contributed by atoms with Crippen molar-refractivity contribution in [3.63, 3.8) is 0 Å². The Morgan fingerprint density at radius 3 is 2.47 bits per heavy atom. The predicted octanol–water partition coefficient (Wildman–Crippen LogP) is 3.10. The number of nitrogens with zero attached hydrogens (tertiary/aromatic N) is 2. The summed E-state index contributed by atoms with van der Waals surface area (Å²) in [4.78, 5) is 42.4. The fourth-order valence-electron chi connectivity index (χ4n) is 4.65. The standard InChI is InChI=1S/C24H21N3O3/c1-26-15-24(13-19-18-10-6-5-9-17(18)11-12-20(19)26)21(28)25-23(30)27(22(24)29)14-16-7-3-2-4-8-16/h2-12H,13-15H2,1H3,(H,25,28,30)/t24-/m0/s1. The molecule has 4 amide bonds. The molecule has 2 heterocycles. The van der Waals surface area contributed by atoms with E-state index >= 15 is 0 Å². The fraction of sp³-hybridized carbons (Fsp3) is 0.208. The summed E-state index contributed by atoms with van der Waals surface area (Å²) >= 11 is 0. The molecule has 0 bridgehead atoms. The van der Waals surface area contributed by atoms with Gasteiger partial charge in [-0.25, -0.2) is 4.79 Å². The Labute approximate surface area is 174 Å². The highest BCUT2D eigenvalue weighted by Gasteiger charge is 2.56. The molecule has 0 aliphatic carbocycles. The zero-order valence-corrected chi connectivity index (χ0v) is 16.6. The highest BCUT2D eigenvalue weighted by Crippen LogP contribution is 2.42. The maximum atomic E-state index is 13.6. The normalized spacial score (nSPS) is 21.2. The van der Waals surface area contributed by atoms with Crippen molar-refractivity contribution < 1.29 is 14.4 Å². The molecule has 6 nitrogen and oxygen atoms in total. The summed E-state index contributed by atoms with van der Waals surface area (Å²) in [5.41, 5.74) is 1.46. The molecule has 6 heteroatoms. The molecule has 1 saturated heterocycles. The van der Waals surface area contributed by atoms with Crippen LogP contribution in [0, 0.1) is 5.41 Å². The van der Waals surface area contributed by atoms with Gasteiger partial charge in [0, 0.05) is 25.7 Å². The number of rotatable bonds is 2. The minimum Gasteiger partial charge on any atom is -0.373 e. The summed E-state index contributed by atoms with van der Waals surface area (Å²) < 4.78 is 0. The van der Waals surface area contributed by atoms with Crippen LogP contribution in [0.1, 0.15) is 11.1 Å². The van der Waals surface area contributed by atoms with Gasteiger partial charge < -0.3 is 4.90 Å². The van der Waals surface area contributed by atoms with Crippen LogP contribution in [0.15, 0.2) is 66.7 Å². The number of barbiturate groups is 1. The third-order valence-corrected chi connectivity index (χ3v) is 6.15. The molecule has 0 unspecified atom stereocenters. The van der Waals surface area contributed by atoms with E-state index in [1.807, 2.05) is 72.6 Å². The molecule has 2 aliphatic rings. The molecule has 1 atom stereocenters. The molecule has 5 rings (SSSR count). The van der Waals surface area contributed by atoms with E-state index in [1.165, 1.54) is 4.90 Å². The molecular formula is C24H21N3O3. The number of amides is 4. The van der Waals surface area contributed by atoms with Crippen LogP contribution in [-0.2, 0) is 22.6 Å². The molecule has 1 fully saturated rings. The number of urea groups is 1. The zero-order chi connectivity index (χ0) is 20.9. The number of hydrogen-bond donors (Lipinski definition) is 1. The van der Waals surface area contributed by atoms with E-state index in [0.717, 1.165) is 27.6 Å². The maximum absolute atomic E-state index is 13.6. The van der Waals surface area contributed by atoms with Crippen molar-refractivity contribution in [3.05, 3.63) is 77.9 Å². The summed E-state index contributed by atoms with van der Waals surface area (Å²) in [5, 5.41) is 4.52. The number of nitrogens with one attached hydrogen (secondary N) is 1. The second-order valence-corrected chi connectivity index (χ2v) is 8.04. The van der Waals surface area contributed by atoms with Crippen molar-refractivity contribution >= 4 is 34.3 Å². The first-order valence-corrected chi connectivity index (χ1v) is 9.93. The van der Waals surface area contributed by atoms with E-state index in [9.17, 15) is 14.4 Å². The van der Waals surface area contributed by atoms with Crippen molar-refractivity contribution in [1.82, 2.24) is 10.2 Å². The van der Waals surface area contributed by atoms with Gasteiger partial charge in [-0.15, -0.1) is 0 Å². The summed E-state index contributed by atoms with van der Waals surface area (Å²) in [6, 6.07) is 20.7. The number of carbonyl (C=O) groups excluding carboxylic acids is 3. The third-order valence-electron chi connectivity index (χ3n) is 6.15. The van der Waals surface area contributed by atoms with E-state index in [-0.39, 0.29) is 19.5 Å². The Morgan fingerprint density at radius 2 is 1.67 bits per heavy atom. The van der Waals surface area contributed by atoms with Gasteiger partial charge in [-0.3, -0.25) is 19.8 Å². The van der Waals surface area contributed by atoms with Crippen LogP contribution in [0.4, 0.5) is 10.5 Å². The van der Waals surface area contributed by atoms with Crippen LogP contribution in [0.2, 0.25) is 0 Å². The van der Waals surface area contributed by atoms with Crippen LogP contribution >= 0.6 is 0 Å². The number of carbonyl (C=O) groups is 3. The van der Waals surface area contributed by atoms with Crippen LogP contribution in [0.25, 0.3) is 10.8 Å².